The van der Waals surface area contributed by atoms with Gasteiger partial charge in [-0.15, -0.1) is 0 Å². The van der Waals surface area contributed by atoms with Crippen LogP contribution >= 0.6 is 0 Å². The molecule has 0 saturated heterocycles. The second-order valence-electron chi connectivity index (χ2n) is 11.2. The number of aliphatic hydroxyl groups excluding tert-OH is 1. The number of rotatable bonds is 15. The Morgan fingerprint density at radius 3 is 2.17 bits per heavy atom. The third-order valence-corrected chi connectivity index (χ3v) is 6.65. The van der Waals surface area contributed by atoms with Gasteiger partial charge in [0.05, 0.1) is 30.9 Å². The molecule has 0 saturated carbocycles. The van der Waals surface area contributed by atoms with Crippen LogP contribution in [-0.4, -0.2) is 84.6 Å². The normalized spacial score (nSPS) is 14.3. The first-order valence-electron chi connectivity index (χ1n) is 14.1. The molecule has 0 aliphatic rings. The van der Waals surface area contributed by atoms with Crippen molar-refractivity contribution in [2.45, 2.75) is 72.1 Å². The molecule has 11 heteroatoms. The summed E-state index contributed by atoms with van der Waals surface area (Å²) >= 11 is 0. The second kappa shape index (κ2) is 16.2. The summed E-state index contributed by atoms with van der Waals surface area (Å²) in [4.78, 5) is 45.3. The van der Waals surface area contributed by atoms with Crippen molar-refractivity contribution in [2.75, 3.05) is 20.8 Å². The topological polar surface area (TPSA) is 130 Å². The van der Waals surface area contributed by atoms with E-state index in [0.29, 0.717) is 18.7 Å². The van der Waals surface area contributed by atoms with Crippen molar-refractivity contribution in [1.82, 2.24) is 20.4 Å². The zero-order valence-electron chi connectivity index (χ0n) is 25.5. The standard InChI is InChI=1S/C30H45BN4O6/c1-19(2)17-26(31(41-18-20(3)4)35(7)21(5)30(39)40-8)33-29(38)27(22(6)36)34-28(37)25-16-12-15-24(32-25)23-13-10-9-11-14-23/h9-16,19-22,26-27,36H,17-18H2,1-8H3,(H,33,38)(H,34,37)/t21-,22+,26-,27-/m0/s1. The molecule has 1 aromatic heterocycles. The lowest BCUT2D eigenvalue weighted by molar-refractivity contribution is -0.144. The van der Waals surface area contributed by atoms with Gasteiger partial charge in [-0.05, 0) is 51.3 Å². The van der Waals surface area contributed by atoms with E-state index in [-0.39, 0.29) is 17.5 Å². The van der Waals surface area contributed by atoms with Crippen LogP contribution < -0.4 is 10.6 Å². The average Bonchev–Trinajstić information content (AvgIpc) is 2.94. The van der Waals surface area contributed by atoms with Gasteiger partial charge in [-0.2, -0.15) is 0 Å². The van der Waals surface area contributed by atoms with Crippen LogP contribution in [0.25, 0.3) is 11.3 Å². The molecule has 2 amide bonds. The highest BCUT2D eigenvalue weighted by Crippen LogP contribution is 2.18. The highest BCUT2D eigenvalue weighted by molar-refractivity contribution is 6.51. The maximum atomic E-state index is 13.6. The Hall–Kier alpha value is -3.28. The van der Waals surface area contributed by atoms with E-state index in [4.69, 9.17) is 9.39 Å². The fourth-order valence-corrected chi connectivity index (χ4v) is 4.34. The Morgan fingerprint density at radius 2 is 1.61 bits per heavy atom. The molecule has 0 aliphatic carbocycles. The molecule has 0 spiro atoms. The van der Waals surface area contributed by atoms with Crippen molar-refractivity contribution in [2.24, 2.45) is 11.8 Å². The van der Waals surface area contributed by atoms with Gasteiger partial charge in [-0.25, -0.2) is 4.98 Å². The molecule has 0 bridgehead atoms. The molecule has 0 unspecified atom stereocenters. The second-order valence-corrected chi connectivity index (χ2v) is 11.2. The highest BCUT2D eigenvalue weighted by atomic mass is 16.5. The van der Waals surface area contributed by atoms with Gasteiger partial charge in [0.1, 0.15) is 11.7 Å². The molecular formula is C30H45BN4O6. The number of hydrogen-bond donors (Lipinski definition) is 3. The number of amides is 2. The van der Waals surface area contributed by atoms with E-state index in [1.165, 1.54) is 14.0 Å². The molecule has 10 nitrogen and oxygen atoms in total. The zero-order valence-corrected chi connectivity index (χ0v) is 25.5. The number of aliphatic hydroxyl groups is 1. The Labute approximate surface area is 244 Å². The van der Waals surface area contributed by atoms with Gasteiger partial charge < -0.3 is 29.9 Å². The zero-order chi connectivity index (χ0) is 30.7. The number of carbonyl (C=O) groups excluding carboxylic acids is 3. The summed E-state index contributed by atoms with van der Waals surface area (Å²) in [6, 6.07) is 12.6. The molecule has 2 aromatic rings. The molecule has 0 fully saturated rings. The number of hydrogen-bond acceptors (Lipinski definition) is 8. The van der Waals surface area contributed by atoms with Gasteiger partial charge in [0, 0.05) is 12.2 Å². The molecule has 0 aliphatic heterocycles. The Morgan fingerprint density at radius 1 is 0.951 bits per heavy atom. The summed E-state index contributed by atoms with van der Waals surface area (Å²) < 4.78 is 11.2. The number of methoxy groups -OCH3 is 1. The largest absolute Gasteiger partial charge is 0.468 e. The predicted octanol–water partition coefficient (Wildman–Crippen LogP) is 2.95. The molecular weight excluding hydrogens is 523 g/mol. The van der Waals surface area contributed by atoms with E-state index in [2.05, 4.69) is 15.6 Å². The molecule has 0 radical (unpaired) electrons. The minimum Gasteiger partial charge on any atom is -0.468 e. The predicted molar refractivity (Wildman–Crippen MR) is 160 cm³/mol. The van der Waals surface area contributed by atoms with E-state index in [9.17, 15) is 19.5 Å². The van der Waals surface area contributed by atoms with Gasteiger partial charge >= 0.3 is 13.0 Å². The molecule has 2 rings (SSSR count). The fraction of sp³-hybridized carbons (Fsp3) is 0.533. The van der Waals surface area contributed by atoms with Gasteiger partial charge in [0.2, 0.25) is 5.91 Å². The van der Waals surface area contributed by atoms with Crippen LogP contribution in [0, 0.1) is 11.8 Å². The van der Waals surface area contributed by atoms with Crippen LogP contribution in [0.5, 0.6) is 0 Å². The van der Waals surface area contributed by atoms with Crippen molar-refractivity contribution in [3.05, 3.63) is 54.2 Å². The van der Waals surface area contributed by atoms with Crippen molar-refractivity contribution in [1.29, 1.82) is 0 Å². The number of carbonyl (C=O) groups is 3. The molecule has 224 valence electrons. The van der Waals surface area contributed by atoms with Crippen molar-refractivity contribution >= 4 is 24.8 Å². The third-order valence-electron chi connectivity index (χ3n) is 6.65. The maximum Gasteiger partial charge on any atom is 0.406 e. The first kappa shape index (κ1) is 33.9. The summed E-state index contributed by atoms with van der Waals surface area (Å²) in [6.45, 7) is 11.6. The first-order chi connectivity index (χ1) is 19.3. The number of nitrogens with one attached hydrogen (secondary N) is 2. The third kappa shape index (κ3) is 10.3. The number of benzene rings is 1. The Balaban J connectivity index is 2.30. The number of ether oxygens (including phenoxy) is 1. The first-order valence-corrected chi connectivity index (χ1v) is 14.1. The van der Waals surface area contributed by atoms with Gasteiger partial charge in [-0.1, -0.05) is 64.1 Å². The number of likely N-dealkylation sites (N-methyl/N-ethyl adjacent to an activating group) is 1. The smallest absolute Gasteiger partial charge is 0.406 e. The lowest BCUT2D eigenvalue weighted by Crippen LogP contribution is -2.63. The lowest BCUT2D eigenvalue weighted by atomic mass is 9.66. The summed E-state index contributed by atoms with van der Waals surface area (Å²) in [5.41, 5.74) is 1.58. The maximum absolute atomic E-state index is 13.6. The molecule has 1 heterocycles. The monoisotopic (exact) mass is 568 g/mol. The lowest BCUT2D eigenvalue weighted by Gasteiger charge is -2.36. The number of esters is 1. The van der Waals surface area contributed by atoms with Crippen LogP contribution in [0.4, 0.5) is 0 Å². The minimum absolute atomic E-state index is 0.119. The molecule has 3 N–H and O–H groups in total. The number of aromatic nitrogens is 1. The van der Waals surface area contributed by atoms with Crippen molar-refractivity contribution in [3.8, 4) is 11.3 Å². The van der Waals surface area contributed by atoms with E-state index < -0.39 is 49.0 Å². The van der Waals surface area contributed by atoms with Crippen molar-refractivity contribution < 1.29 is 28.9 Å². The van der Waals surface area contributed by atoms with Crippen LogP contribution in [0.15, 0.2) is 48.5 Å². The van der Waals surface area contributed by atoms with Crippen LogP contribution in [-0.2, 0) is 19.0 Å². The van der Waals surface area contributed by atoms with Crippen LogP contribution in [0.3, 0.4) is 0 Å². The summed E-state index contributed by atoms with van der Waals surface area (Å²) in [5, 5.41) is 16.2. The quantitative estimate of drug-likeness (QED) is 0.221. The van der Waals surface area contributed by atoms with E-state index in [0.717, 1.165) is 5.56 Å². The van der Waals surface area contributed by atoms with Crippen LogP contribution in [0.1, 0.15) is 58.5 Å². The SMILES string of the molecule is COC(=O)[C@H](C)N(C)B(OCC(C)C)[C@H](CC(C)C)NC(=O)[C@@H](NC(=O)c1cccc(-c2ccccc2)n1)[C@@H](C)O. The Kier molecular flexibility index (Phi) is 13.4. The highest BCUT2D eigenvalue weighted by Gasteiger charge is 2.40. The summed E-state index contributed by atoms with van der Waals surface area (Å²) in [5.74, 6) is -1.78. The average molecular weight is 569 g/mol. The van der Waals surface area contributed by atoms with E-state index in [1.54, 1.807) is 37.0 Å². The minimum atomic E-state index is -1.26. The molecule has 4 atom stereocenters. The van der Waals surface area contributed by atoms with E-state index in [1.807, 2.05) is 58.0 Å². The Bertz CT molecular complexity index is 1130. The molecule has 1 aromatic carbocycles. The van der Waals surface area contributed by atoms with Gasteiger partial charge in [0.25, 0.3) is 5.91 Å². The van der Waals surface area contributed by atoms with Gasteiger partial charge in [-0.3, -0.25) is 14.4 Å². The summed E-state index contributed by atoms with van der Waals surface area (Å²) in [7, 11) is 2.39. The van der Waals surface area contributed by atoms with Gasteiger partial charge in [0.15, 0.2) is 0 Å². The fourth-order valence-electron chi connectivity index (χ4n) is 4.34. The summed E-state index contributed by atoms with van der Waals surface area (Å²) in [6.07, 6.45) is -0.675. The molecule has 41 heavy (non-hydrogen) atoms. The number of nitrogens with zero attached hydrogens (tertiary/aromatic N) is 2. The number of pyridine rings is 1. The van der Waals surface area contributed by atoms with Crippen LogP contribution in [0.2, 0.25) is 0 Å². The van der Waals surface area contributed by atoms with Crippen molar-refractivity contribution in [3.63, 3.8) is 0 Å². The van der Waals surface area contributed by atoms with E-state index >= 15 is 0 Å².